The van der Waals surface area contributed by atoms with E-state index in [0.717, 1.165) is 6.42 Å². The summed E-state index contributed by atoms with van der Waals surface area (Å²) in [5.41, 5.74) is 0. The van der Waals surface area contributed by atoms with Gasteiger partial charge in [0.05, 0.1) is 12.8 Å². The average molecular weight is 245 g/mol. The maximum atomic E-state index is 11.8. The Bertz CT molecular complexity index is 423. The van der Waals surface area contributed by atoms with Crippen molar-refractivity contribution in [1.82, 2.24) is 14.9 Å². The monoisotopic (exact) mass is 245 g/mol. The number of aromatic amines is 1. The largest absolute Gasteiger partial charge is 0.381 e. The number of nitrogens with zero attached hydrogens (tertiary/aromatic N) is 1. The van der Waals surface area contributed by atoms with Crippen LogP contribution in [0.5, 0.6) is 0 Å². The molecule has 1 aliphatic heterocycles. The minimum absolute atomic E-state index is 0.123. The summed E-state index contributed by atoms with van der Waals surface area (Å²) in [7, 11) is -3.45. The molecule has 0 aromatic carbocycles. The van der Waals surface area contributed by atoms with Crippen molar-refractivity contribution in [3.63, 3.8) is 0 Å². The van der Waals surface area contributed by atoms with Gasteiger partial charge in [-0.2, -0.15) is 5.10 Å². The molecule has 6 nitrogen and oxygen atoms in total. The summed E-state index contributed by atoms with van der Waals surface area (Å²) in [5.74, 6) is 0.252. The molecule has 1 aliphatic rings. The van der Waals surface area contributed by atoms with Gasteiger partial charge in [-0.1, -0.05) is 0 Å². The predicted octanol–water partition coefficient (Wildman–Crippen LogP) is 0.113. The van der Waals surface area contributed by atoms with E-state index in [4.69, 9.17) is 4.74 Å². The third-order valence-corrected chi connectivity index (χ3v) is 4.32. The molecule has 2 unspecified atom stereocenters. The summed E-state index contributed by atoms with van der Waals surface area (Å²) in [6.45, 7) is 3.19. The van der Waals surface area contributed by atoms with E-state index in [1.807, 2.05) is 6.92 Å². The number of nitrogens with one attached hydrogen (secondary N) is 2. The van der Waals surface area contributed by atoms with Gasteiger partial charge in [0.1, 0.15) is 4.90 Å². The number of hydrogen-bond acceptors (Lipinski definition) is 4. The number of H-pyrrole nitrogens is 1. The molecular formula is C9H15N3O3S. The van der Waals surface area contributed by atoms with E-state index >= 15 is 0 Å². The molecule has 1 saturated heterocycles. The Hall–Kier alpha value is -0.920. The van der Waals surface area contributed by atoms with Crippen LogP contribution in [0.4, 0.5) is 0 Å². The zero-order valence-corrected chi connectivity index (χ0v) is 9.83. The highest BCUT2D eigenvalue weighted by molar-refractivity contribution is 7.89. The molecule has 7 heteroatoms. The van der Waals surface area contributed by atoms with E-state index in [-0.39, 0.29) is 16.9 Å². The normalized spacial score (nSPS) is 23.4. The Morgan fingerprint density at radius 2 is 2.50 bits per heavy atom. The van der Waals surface area contributed by atoms with Crippen LogP contribution >= 0.6 is 0 Å². The maximum absolute atomic E-state index is 11.8. The summed E-state index contributed by atoms with van der Waals surface area (Å²) in [6.07, 6.45) is 3.55. The van der Waals surface area contributed by atoms with Crippen molar-refractivity contribution in [3.05, 3.63) is 12.4 Å². The highest BCUT2D eigenvalue weighted by Crippen LogP contribution is 2.18. The summed E-state index contributed by atoms with van der Waals surface area (Å²) in [5, 5.41) is 6.11. The number of hydrogen-bond donors (Lipinski definition) is 2. The van der Waals surface area contributed by atoms with Crippen LogP contribution in [0.2, 0.25) is 0 Å². The highest BCUT2D eigenvalue weighted by atomic mass is 32.2. The van der Waals surface area contributed by atoms with Crippen molar-refractivity contribution in [3.8, 4) is 0 Å². The fourth-order valence-electron chi connectivity index (χ4n) is 1.74. The van der Waals surface area contributed by atoms with Gasteiger partial charge in [0, 0.05) is 24.8 Å². The molecule has 2 N–H and O–H groups in total. The van der Waals surface area contributed by atoms with Crippen LogP contribution in [0.3, 0.4) is 0 Å². The van der Waals surface area contributed by atoms with Crippen LogP contribution in [-0.2, 0) is 14.8 Å². The van der Waals surface area contributed by atoms with E-state index in [0.29, 0.717) is 13.2 Å². The molecule has 0 bridgehead atoms. The first-order valence-corrected chi connectivity index (χ1v) is 6.67. The second-order valence-corrected chi connectivity index (χ2v) is 5.68. The Balaban J connectivity index is 2.03. The quantitative estimate of drug-likeness (QED) is 0.788. The SMILES string of the molecule is CC(NS(=O)(=O)c1cn[nH]c1)C1CCOC1. The number of aromatic nitrogens is 2. The summed E-state index contributed by atoms with van der Waals surface area (Å²) < 4.78 is 31.6. The number of rotatable bonds is 4. The molecule has 1 aromatic rings. The Kier molecular flexibility index (Phi) is 3.27. The van der Waals surface area contributed by atoms with Crippen molar-refractivity contribution in [2.24, 2.45) is 5.92 Å². The van der Waals surface area contributed by atoms with Crippen LogP contribution in [0.25, 0.3) is 0 Å². The molecule has 0 aliphatic carbocycles. The molecule has 90 valence electrons. The fourth-order valence-corrected chi connectivity index (χ4v) is 2.96. The molecule has 0 radical (unpaired) electrons. The molecular weight excluding hydrogens is 230 g/mol. The highest BCUT2D eigenvalue weighted by Gasteiger charge is 2.27. The molecule has 0 saturated carbocycles. The van der Waals surface area contributed by atoms with Gasteiger partial charge in [0.25, 0.3) is 0 Å². The van der Waals surface area contributed by atoms with Crippen molar-refractivity contribution < 1.29 is 13.2 Å². The molecule has 1 fully saturated rings. The number of ether oxygens (including phenoxy) is 1. The van der Waals surface area contributed by atoms with Gasteiger partial charge in [-0.15, -0.1) is 0 Å². The second kappa shape index (κ2) is 4.52. The number of sulfonamides is 1. The lowest BCUT2D eigenvalue weighted by molar-refractivity contribution is 0.180. The zero-order chi connectivity index (χ0) is 11.6. The topological polar surface area (TPSA) is 84.1 Å². The molecule has 0 spiro atoms. The van der Waals surface area contributed by atoms with Gasteiger partial charge < -0.3 is 4.74 Å². The van der Waals surface area contributed by atoms with Crippen LogP contribution in [-0.4, -0.2) is 37.9 Å². The van der Waals surface area contributed by atoms with E-state index in [2.05, 4.69) is 14.9 Å². The Morgan fingerprint density at radius 3 is 3.06 bits per heavy atom. The van der Waals surface area contributed by atoms with Crippen molar-refractivity contribution in [2.75, 3.05) is 13.2 Å². The van der Waals surface area contributed by atoms with Gasteiger partial charge >= 0.3 is 0 Å². The molecule has 1 aromatic heterocycles. The lowest BCUT2D eigenvalue weighted by Gasteiger charge is -2.18. The van der Waals surface area contributed by atoms with Crippen LogP contribution in [0.1, 0.15) is 13.3 Å². The fraction of sp³-hybridized carbons (Fsp3) is 0.667. The van der Waals surface area contributed by atoms with Gasteiger partial charge in [-0.3, -0.25) is 5.10 Å². The average Bonchev–Trinajstić information content (AvgIpc) is 2.91. The van der Waals surface area contributed by atoms with Crippen LogP contribution in [0.15, 0.2) is 17.3 Å². The summed E-state index contributed by atoms with van der Waals surface area (Å²) >= 11 is 0. The summed E-state index contributed by atoms with van der Waals surface area (Å²) in [6, 6.07) is -0.123. The van der Waals surface area contributed by atoms with E-state index < -0.39 is 10.0 Å². The Morgan fingerprint density at radius 1 is 1.69 bits per heavy atom. The summed E-state index contributed by atoms with van der Waals surface area (Å²) in [4.78, 5) is 0.165. The third kappa shape index (κ3) is 2.42. The van der Waals surface area contributed by atoms with Gasteiger partial charge in [-0.25, -0.2) is 13.1 Å². The first-order chi connectivity index (χ1) is 7.59. The van der Waals surface area contributed by atoms with E-state index in [1.54, 1.807) is 0 Å². The second-order valence-electron chi connectivity index (χ2n) is 3.97. The first-order valence-electron chi connectivity index (χ1n) is 5.18. The predicted molar refractivity (Wildman–Crippen MR) is 57.3 cm³/mol. The smallest absolute Gasteiger partial charge is 0.243 e. The molecule has 2 heterocycles. The lowest BCUT2D eigenvalue weighted by Crippen LogP contribution is -2.38. The van der Waals surface area contributed by atoms with E-state index in [9.17, 15) is 8.42 Å². The van der Waals surface area contributed by atoms with Crippen molar-refractivity contribution in [1.29, 1.82) is 0 Å². The van der Waals surface area contributed by atoms with Gasteiger partial charge in [0.2, 0.25) is 10.0 Å². The van der Waals surface area contributed by atoms with Crippen LogP contribution in [0, 0.1) is 5.92 Å². The van der Waals surface area contributed by atoms with Gasteiger partial charge in [-0.05, 0) is 13.3 Å². The molecule has 0 amide bonds. The standard InChI is InChI=1S/C9H15N3O3S/c1-7(8-2-3-15-6-8)12-16(13,14)9-4-10-11-5-9/h4-5,7-8,12H,2-3,6H2,1H3,(H,10,11). The first kappa shape index (κ1) is 11.6. The van der Waals surface area contributed by atoms with Crippen molar-refractivity contribution in [2.45, 2.75) is 24.3 Å². The minimum Gasteiger partial charge on any atom is -0.381 e. The van der Waals surface area contributed by atoms with Crippen LogP contribution < -0.4 is 4.72 Å². The lowest BCUT2D eigenvalue weighted by atomic mass is 10.0. The molecule has 2 atom stereocenters. The molecule has 2 rings (SSSR count). The van der Waals surface area contributed by atoms with Gasteiger partial charge in [0.15, 0.2) is 0 Å². The zero-order valence-electron chi connectivity index (χ0n) is 9.01. The van der Waals surface area contributed by atoms with E-state index in [1.165, 1.54) is 12.4 Å². The van der Waals surface area contributed by atoms with Crippen molar-refractivity contribution >= 4 is 10.0 Å². The Labute approximate surface area is 94.4 Å². The maximum Gasteiger partial charge on any atom is 0.243 e. The third-order valence-electron chi connectivity index (χ3n) is 2.80. The molecule has 16 heavy (non-hydrogen) atoms. The minimum atomic E-state index is -3.45.